The zero-order valence-corrected chi connectivity index (χ0v) is 18.6. The highest BCUT2D eigenvalue weighted by Gasteiger charge is 2.37. The smallest absolute Gasteiger partial charge is 0.416 e. The van der Waals surface area contributed by atoms with E-state index in [1.54, 1.807) is 17.0 Å². The number of alkyl halides is 3. The van der Waals surface area contributed by atoms with Gasteiger partial charge in [0.15, 0.2) is 6.17 Å². The predicted molar refractivity (Wildman–Crippen MR) is 120 cm³/mol. The molecule has 0 fully saturated rings. The van der Waals surface area contributed by atoms with E-state index in [9.17, 15) is 23.2 Å². The van der Waals surface area contributed by atoms with Gasteiger partial charge >= 0.3 is 6.18 Å². The minimum Gasteiger partial charge on any atom is -0.457 e. The zero-order valence-electron chi connectivity index (χ0n) is 16.9. The molecule has 1 aliphatic rings. The fourth-order valence-corrected chi connectivity index (χ4v) is 4.11. The largest absolute Gasteiger partial charge is 0.457 e. The number of hydrogen-bond acceptors (Lipinski definition) is 5. The van der Waals surface area contributed by atoms with Gasteiger partial charge in [-0.1, -0.05) is 29.8 Å². The molecule has 0 saturated carbocycles. The number of anilines is 1. The fraction of sp³-hybridized carbons (Fsp3) is 0.130. The van der Waals surface area contributed by atoms with Gasteiger partial charge in [0.25, 0.3) is 5.91 Å². The summed E-state index contributed by atoms with van der Waals surface area (Å²) in [6, 6.07) is 15.1. The average molecular weight is 490 g/mol. The van der Waals surface area contributed by atoms with Gasteiger partial charge in [-0.2, -0.15) is 18.4 Å². The Labute approximate surface area is 197 Å². The number of carbonyl (C=O) groups is 1. The number of thiol groups is 1. The number of benzene rings is 2. The zero-order chi connectivity index (χ0) is 23.9. The molecule has 2 heterocycles. The molecular formula is C23H15ClF3N3O2S. The second-order valence-electron chi connectivity index (χ2n) is 7.24. The lowest BCUT2D eigenvalue weighted by molar-refractivity contribution is -0.137. The Balaban J connectivity index is 1.82. The lowest BCUT2D eigenvalue weighted by Gasteiger charge is -2.37. The van der Waals surface area contributed by atoms with Crippen LogP contribution in [0.1, 0.15) is 23.1 Å². The van der Waals surface area contributed by atoms with E-state index in [0.717, 1.165) is 23.8 Å². The molecule has 1 unspecified atom stereocenters. The predicted octanol–water partition coefficient (Wildman–Crippen LogP) is 6.23. The first-order chi connectivity index (χ1) is 15.6. The lowest BCUT2D eigenvalue weighted by atomic mass is 10.1. The molecule has 168 valence electrons. The van der Waals surface area contributed by atoms with Crippen LogP contribution in [0.25, 0.3) is 11.3 Å². The number of hydrogen-bond donors (Lipinski definition) is 2. The number of aryl methyl sites for hydroxylation is 1. The van der Waals surface area contributed by atoms with Crippen LogP contribution < -0.4 is 10.2 Å². The molecule has 2 aromatic carbocycles. The number of furan rings is 1. The van der Waals surface area contributed by atoms with E-state index in [2.05, 4.69) is 17.9 Å². The van der Waals surface area contributed by atoms with Crippen LogP contribution in [0, 0.1) is 18.3 Å². The summed E-state index contributed by atoms with van der Waals surface area (Å²) in [6.45, 7) is 1.85. The van der Waals surface area contributed by atoms with E-state index in [4.69, 9.17) is 16.0 Å². The van der Waals surface area contributed by atoms with Crippen molar-refractivity contribution >= 4 is 35.8 Å². The van der Waals surface area contributed by atoms with Gasteiger partial charge in [0.2, 0.25) is 0 Å². The van der Waals surface area contributed by atoms with Crippen molar-refractivity contribution in [2.24, 2.45) is 0 Å². The van der Waals surface area contributed by atoms with Gasteiger partial charge in [0.1, 0.15) is 23.2 Å². The van der Waals surface area contributed by atoms with Gasteiger partial charge in [0.05, 0.1) is 15.6 Å². The third-order valence-electron chi connectivity index (χ3n) is 5.15. The SMILES string of the molecule is Cc1ccccc1N1C(S)=C(C#N)C(=O)NC1c1ccc(-c2cc(C(F)(F)F)ccc2Cl)o1. The van der Waals surface area contributed by atoms with Crippen molar-refractivity contribution < 1.29 is 22.4 Å². The van der Waals surface area contributed by atoms with Crippen LogP contribution in [0.2, 0.25) is 5.02 Å². The maximum Gasteiger partial charge on any atom is 0.416 e. The summed E-state index contributed by atoms with van der Waals surface area (Å²) in [6.07, 6.45) is -5.45. The standard InChI is InChI=1S/C23H15ClF3N3O2S/c1-12-4-2-3-5-17(12)30-20(29-21(31)15(11-28)22(30)33)19-9-8-18(32-19)14-10-13(23(25,26)27)6-7-16(14)24/h2-10,20,33H,1H3,(H,29,31). The summed E-state index contributed by atoms with van der Waals surface area (Å²) in [5, 5.41) is 12.3. The highest BCUT2D eigenvalue weighted by Crippen LogP contribution is 2.40. The molecule has 0 spiro atoms. The Morgan fingerprint density at radius 2 is 1.91 bits per heavy atom. The molecule has 0 aliphatic carbocycles. The highest BCUT2D eigenvalue weighted by atomic mass is 35.5. The minimum atomic E-state index is -4.55. The van der Waals surface area contributed by atoms with Crippen LogP contribution >= 0.6 is 24.2 Å². The Kier molecular flexibility index (Phi) is 5.91. The summed E-state index contributed by atoms with van der Waals surface area (Å²) in [5.74, 6) is -0.332. The Morgan fingerprint density at radius 1 is 1.18 bits per heavy atom. The molecule has 3 aromatic rings. The van der Waals surface area contributed by atoms with E-state index in [0.29, 0.717) is 5.69 Å². The van der Waals surface area contributed by atoms with Crippen molar-refractivity contribution in [1.29, 1.82) is 5.26 Å². The van der Waals surface area contributed by atoms with Crippen molar-refractivity contribution in [3.05, 3.63) is 87.1 Å². The molecule has 1 N–H and O–H groups in total. The highest BCUT2D eigenvalue weighted by molar-refractivity contribution is 7.84. The average Bonchev–Trinajstić information content (AvgIpc) is 3.24. The van der Waals surface area contributed by atoms with E-state index in [-0.39, 0.29) is 32.7 Å². The van der Waals surface area contributed by atoms with E-state index in [1.165, 1.54) is 12.1 Å². The van der Waals surface area contributed by atoms with Crippen molar-refractivity contribution in [1.82, 2.24) is 5.32 Å². The van der Waals surface area contributed by atoms with Crippen molar-refractivity contribution in [2.45, 2.75) is 19.3 Å². The summed E-state index contributed by atoms with van der Waals surface area (Å²) in [7, 11) is 0. The van der Waals surface area contributed by atoms with Crippen LogP contribution in [0.5, 0.6) is 0 Å². The molecule has 33 heavy (non-hydrogen) atoms. The summed E-state index contributed by atoms with van der Waals surface area (Å²) in [5.41, 5.74) is 0.518. The van der Waals surface area contributed by atoms with Crippen molar-refractivity contribution in [3.63, 3.8) is 0 Å². The van der Waals surface area contributed by atoms with Crippen LogP contribution in [0.4, 0.5) is 18.9 Å². The van der Waals surface area contributed by atoms with Gasteiger partial charge in [-0.15, -0.1) is 12.6 Å². The first-order valence-electron chi connectivity index (χ1n) is 9.57. The van der Waals surface area contributed by atoms with Crippen LogP contribution in [0.15, 0.2) is 69.6 Å². The molecule has 1 amide bonds. The third kappa shape index (κ3) is 4.19. The van der Waals surface area contributed by atoms with Crippen molar-refractivity contribution in [3.8, 4) is 17.4 Å². The number of rotatable bonds is 3. The number of nitrogens with one attached hydrogen (secondary N) is 1. The Bertz CT molecular complexity index is 1330. The second kappa shape index (κ2) is 8.54. The minimum absolute atomic E-state index is 0.0571. The molecule has 1 aromatic heterocycles. The number of amides is 1. The summed E-state index contributed by atoms with van der Waals surface area (Å²) in [4.78, 5) is 14.1. The molecular weight excluding hydrogens is 475 g/mol. The quantitative estimate of drug-likeness (QED) is 0.428. The normalized spacial score (nSPS) is 16.6. The molecule has 5 nitrogen and oxygen atoms in total. The van der Waals surface area contributed by atoms with Gasteiger partial charge in [-0.05, 0) is 48.9 Å². The Morgan fingerprint density at radius 3 is 2.58 bits per heavy atom. The molecule has 1 aliphatic heterocycles. The van der Waals surface area contributed by atoms with E-state index < -0.39 is 23.8 Å². The molecule has 1 atom stereocenters. The summed E-state index contributed by atoms with van der Waals surface area (Å²) >= 11 is 10.6. The third-order valence-corrected chi connectivity index (χ3v) is 5.92. The molecule has 0 saturated heterocycles. The van der Waals surface area contributed by atoms with Crippen LogP contribution in [-0.2, 0) is 11.0 Å². The number of para-hydroxylation sites is 1. The number of halogens is 4. The molecule has 4 rings (SSSR count). The fourth-order valence-electron chi connectivity index (χ4n) is 3.53. The van der Waals surface area contributed by atoms with Crippen molar-refractivity contribution in [2.75, 3.05) is 4.90 Å². The lowest BCUT2D eigenvalue weighted by Crippen LogP contribution is -2.46. The maximum atomic E-state index is 13.2. The van der Waals surface area contributed by atoms with Crippen LogP contribution in [-0.4, -0.2) is 5.91 Å². The number of carbonyl (C=O) groups excluding carboxylic acids is 1. The summed E-state index contributed by atoms with van der Waals surface area (Å²) < 4.78 is 45.4. The Hall–Kier alpha value is -3.35. The van der Waals surface area contributed by atoms with Gasteiger partial charge in [-0.25, -0.2) is 0 Å². The molecule has 10 heteroatoms. The monoisotopic (exact) mass is 489 g/mol. The van der Waals surface area contributed by atoms with E-state index >= 15 is 0 Å². The van der Waals surface area contributed by atoms with Crippen LogP contribution in [0.3, 0.4) is 0 Å². The number of nitrogens with zero attached hydrogens (tertiary/aromatic N) is 2. The van der Waals surface area contributed by atoms with E-state index in [1.807, 2.05) is 25.1 Å². The van der Waals surface area contributed by atoms with Gasteiger partial charge < -0.3 is 14.6 Å². The second-order valence-corrected chi connectivity index (χ2v) is 8.07. The first kappa shape index (κ1) is 22.8. The maximum absolute atomic E-state index is 13.2. The van der Waals surface area contributed by atoms with Gasteiger partial charge in [0, 0.05) is 11.3 Å². The topological polar surface area (TPSA) is 69.3 Å². The van der Waals surface area contributed by atoms with Gasteiger partial charge in [-0.3, -0.25) is 4.79 Å². The number of nitriles is 1. The first-order valence-corrected chi connectivity index (χ1v) is 10.4. The molecule has 0 bridgehead atoms. The molecule has 0 radical (unpaired) electrons.